The number of nitrogens with two attached hydrogens (primary N) is 1. The van der Waals surface area contributed by atoms with Crippen molar-refractivity contribution in [1.82, 2.24) is 10.7 Å². The molecule has 5 heteroatoms. The Hall–Kier alpha value is -0.650. The summed E-state index contributed by atoms with van der Waals surface area (Å²) < 4.78 is 1.06. The van der Waals surface area contributed by atoms with Crippen LogP contribution in [-0.4, -0.2) is 5.11 Å². The van der Waals surface area contributed by atoms with Crippen LogP contribution in [0.25, 0.3) is 0 Å². The Labute approximate surface area is 97.2 Å². The lowest BCUT2D eigenvalue weighted by molar-refractivity contribution is 0.703. The van der Waals surface area contributed by atoms with Gasteiger partial charge in [-0.1, -0.05) is 28.1 Å². The van der Waals surface area contributed by atoms with Crippen molar-refractivity contribution in [2.75, 3.05) is 0 Å². The summed E-state index contributed by atoms with van der Waals surface area (Å²) in [7, 11) is 0. The molecule has 1 rings (SSSR count). The van der Waals surface area contributed by atoms with Crippen LogP contribution in [0.3, 0.4) is 0 Å². The molecule has 0 bridgehead atoms. The molecule has 0 aliphatic heterocycles. The molecule has 76 valence electrons. The molecule has 14 heavy (non-hydrogen) atoms. The van der Waals surface area contributed by atoms with Gasteiger partial charge in [-0.2, -0.15) is 0 Å². The van der Waals surface area contributed by atoms with Gasteiger partial charge in [-0.25, -0.2) is 5.84 Å². The molecule has 1 atom stereocenters. The summed E-state index contributed by atoms with van der Waals surface area (Å²) in [6, 6.07) is 8.19. The van der Waals surface area contributed by atoms with Crippen LogP contribution in [-0.2, 0) is 0 Å². The third-order valence-electron chi connectivity index (χ3n) is 1.85. The molecule has 4 N–H and O–H groups in total. The van der Waals surface area contributed by atoms with E-state index in [0.717, 1.165) is 10.0 Å². The Balaban J connectivity index is 2.65. The van der Waals surface area contributed by atoms with Gasteiger partial charge in [0.25, 0.3) is 0 Å². The van der Waals surface area contributed by atoms with Crippen molar-refractivity contribution in [2.24, 2.45) is 5.84 Å². The summed E-state index contributed by atoms with van der Waals surface area (Å²) in [5.41, 5.74) is 3.55. The smallest absolute Gasteiger partial charge is 0.181 e. The molecular formula is C9H12BrN3S. The molecule has 3 nitrogen and oxygen atoms in total. The quantitative estimate of drug-likeness (QED) is 0.437. The number of thiocarbonyl (C=S) groups is 1. The van der Waals surface area contributed by atoms with Crippen molar-refractivity contribution in [3.05, 3.63) is 34.3 Å². The standard InChI is InChI=1S/C9H12BrN3S/c1-6(12-9(14)13-11)7-2-4-8(10)5-3-7/h2-6H,11H2,1H3,(H2,12,13,14). The topological polar surface area (TPSA) is 50.1 Å². The van der Waals surface area contributed by atoms with Crippen LogP contribution in [0.2, 0.25) is 0 Å². The lowest BCUT2D eigenvalue weighted by Crippen LogP contribution is -2.40. The first kappa shape index (κ1) is 11.4. The van der Waals surface area contributed by atoms with Crippen molar-refractivity contribution >= 4 is 33.3 Å². The largest absolute Gasteiger partial charge is 0.355 e. The fraction of sp³-hybridized carbons (Fsp3) is 0.222. The predicted octanol–water partition coefficient (Wildman–Crippen LogP) is 1.85. The summed E-state index contributed by atoms with van der Waals surface area (Å²) in [6.45, 7) is 2.02. The van der Waals surface area contributed by atoms with Gasteiger partial charge >= 0.3 is 0 Å². The van der Waals surface area contributed by atoms with E-state index in [1.54, 1.807) is 0 Å². The molecule has 1 aromatic carbocycles. The minimum Gasteiger partial charge on any atom is -0.355 e. The highest BCUT2D eigenvalue weighted by atomic mass is 79.9. The van der Waals surface area contributed by atoms with E-state index < -0.39 is 0 Å². The monoisotopic (exact) mass is 273 g/mol. The molecule has 1 aromatic rings. The molecule has 0 aliphatic carbocycles. The van der Waals surface area contributed by atoms with Crippen molar-refractivity contribution in [2.45, 2.75) is 13.0 Å². The van der Waals surface area contributed by atoms with E-state index in [1.807, 2.05) is 31.2 Å². The Kier molecular flexibility index (Phi) is 4.31. The van der Waals surface area contributed by atoms with Crippen LogP contribution < -0.4 is 16.6 Å². The zero-order valence-electron chi connectivity index (χ0n) is 7.75. The van der Waals surface area contributed by atoms with Crippen molar-refractivity contribution < 1.29 is 0 Å². The number of benzene rings is 1. The molecular weight excluding hydrogens is 262 g/mol. The molecule has 0 amide bonds. The summed E-state index contributed by atoms with van der Waals surface area (Å²) >= 11 is 8.28. The molecule has 0 fully saturated rings. The van der Waals surface area contributed by atoms with E-state index in [2.05, 4.69) is 26.7 Å². The maximum Gasteiger partial charge on any atom is 0.181 e. The highest BCUT2D eigenvalue weighted by Crippen LogP contribution is 2.16. The number of nitrogens with one attached hydrogen (secondary N) is 2. The first-order valence-corrected chi connectivity index (χ1v) is 5.36. The number of rotatable bonds is 2. The zero-order valence-corrected chi connectivity index (χ0v) is 10.2. The van der Waals surface area contributed by atoms with Crippen LogP contribution in [0.15, 0.2) is 28.7 Å². The third-order valence-corrected chi connectivity index (χ3v) is 2.61. The lowest BCUT2D eigenvalue weighted by atomic mass is 10.1. The lowest BCUT2D eigenvalue weighted by Gasteiger charge is -2.15. The van der Waals surface area contributed by atoms with E-state index in [0.29, 0.717) is 5.11 Å². The molecule has 0 aliphatic rings. The van der Waals surface area contributed by atoms with Crippen molar-refractivity contribution in [3.8, 4) is 0 Å². The van der Waals surface area contributed by atoms with Gasteiger partial charge in [-0.05, 0) is 36.8 Å². The molecule has 1 unspecified atom stereocenters. The van der Waals surface area contributed by atoms with E-state index in [-0.39, 0.29) is 6.04 Å². The van der Waals surface area contributed by atoms with Gasteiger partial charge in [0.2, 0.25) is 0 Å². The average Bonchev–Trinajstić information content (AvgIpc) is 2.18. The number of hydrazine groups is 1. The van der Waals surface area contributed by atoms with Crippen LogP contribution in [0.1, 0.15) is 18.5 Å². The minimum absolute atomic E-state index is 0.145. The zero-order chi connectivity index (χ0) is 10.6. The normalized spacial score (nSPS) is 11.9. The SMILES string of the molecule is CC(NC(=S)NN)c1ccc(Br)cc1. The van der Waals surface area contributed by atoms with Crippen LogP contribution in [0, 0.1) is 0 Å². The molecule has 0 spiro atoms. The van der Waals surface area contributed by atoms with Gasteiger partial charge in [0, 0.05) is 4.47 Å². The summed E-state index contributed by atoms with van der Waals surface area (Å²) in [5.74, 6) is 5.16. The van der Waals surface area contributed by atoms with E-state index in [9.17, 15) is 0 Å². The van der Waals surface area contributed by atoms with Gasteiger partial charge < -0.3 is 10.7 Å². The van der Waals surface area contributed by atoms with E-state index in [1.165, 1.54) is 0 Å². The Morgan fingerprint density at radius 1 is 1.43 bits per heavy atom. The first-order chi connectivity index (χ1) is 6.63. The van der Waals surface area contributed by atoms with E-state index >= 15 is 0 Å². The van der Waals surface area contributed by atoms with Crippen LogP contribution in [0.5, 0.6) is 0 Å². The van der Waals surface area contributed by atoms with Gasteiger partial charge in [0.15, 0.2) is 5.11 Å². The maximum absolute atomic E-state index is 5.16. The van der Waals surface area contributed by atoms with Gasteiger partial charge in [-0.15, -0.1) is 0 Å². The molecule has 0 saturated carbocycles. The second kappa shape index (κ2) is 5.29. The summed E-state index contributed by atoms with van der Waals surface area (Å²) in [4.78, 5) is 0. The van der Waals surface area contributed by atoms with Gasteiger partial charge in [0.05, 0.1) is 6.04 Å². The highest BCUT2D eigenvalue weighted by molar-refractivity contribution is 9.10. The number of halogens is 1. The Bertz CT molecular complexity index is 312. The number of hydrogen-bond acceptors (Lipinski definition) is 2. The fourth-order valence-electron chi connectivity index (χ4n) is 1.07. The summed E-state index contributed by atoms with van der Waals surface area (Å²) in [6.07, 6.45) is 0. The van der Waals surface area contributed by atoms with E-state index in [4.69, 9.17) is 18.1 Å². The Morgan fingerprint density at radius 3 is 2.50 bits per heavy atom. The average molecular weight is 274 g/mol. The van der Waals surface area contributed by atoms with Crippen molar-refractivity contribution in [1.29, 1.82) is 0 Å². The summed E-state index contributed by atoms with van der Waals surface area (Å²) in [5, 5.41) is 3.49. The second-order valence-electron chi connectivity index (χ2n) is 2.89. The highest BCUT2D eigenvalue weighted by Gasteiger charge is 2.05. The number of hydrogen-bond donors (Lipinski definition) is 3. The first-order valence-electron chi connectivity index (χ1n) is 4.16. The Morgan fingerprint density at radius 2 is 2.00 bits per heavy atom. The molecule has 0 aromatic heterocycles. The van der Waals surface area contributed by atoms with Crippen LogP contribution in [0.4, 0.5) is 0 Å². The molecule has 0 saturated heterocycles. The van der Waals surface area contributed by atoms with Crippen molar-refractivity contribution in [3.63, 3.8) is 0 Å². The minimum atomic E-state index is 0.145. The fourth-order valence-corrected chi connectivity index (χ4v) is 1.51. The predicted molar refractivity (Wildman–Crippen MR) is 65.6 cm³/mol. The van der Waals surface area contributed by atoms with Gasteiger partial charge in [0.1, 0.15) is 0 Å². The van der Waals surface area contributed by atoms with Gasteiger partial charge in [-0.3, -0.25) is 0 Å². The molecule has 0 radical (unpaired) electrons. The third kappa shape index (κ3) is 3.25. The molecule has 0 heterocycles. The van der Waals surface area contributed by atoms with Crippen LogP contribution >= 0.6 is 28.1 Å². The second-order valence-corrected chi connectivity index (χ2v) is 4.21. The maximum atomic E-state index is 5.16.